The van der Waals surface area contributed by atoms with Gasteiger partial charge in [0.2, 0.25) is 6.54 Å². The van der Waals surface area contributed by atoms with Crippen LogP contribution in [0.2, 0.25) is 0 Å². The summed E-state index contributed by atoms with van der Waals surface area (Å²) in [6, 6.07) is 0. The molecule has 0 aromatic rings. The molecule has 3 aliphatic carbocycles. The molecule has 26 heavy (non-hydrogen) atoms. The van der Waals surface area contributed by atoms with Crippen molar-refractivity contribution in [3.8, 4) is 0 Å². The van der Waals surface area contributed by atoms with Crippen LogP contribution in [0.4, 0.5) is 0 Å². The van der Waals surface area contributed by atoms with Crippen molar-refractivity contribution >= 4 is 0 Å². The van der Waals surface area contributed by atoms with Gasteiger partial charge in [0, 0.05) is 10.3 Å². The van der Waals surface area contributed by atoms with E-state index in [1.165, 1.54) is 64.2 Å². The Morgan fingerprint density at radius 1 is 1.04 bits per heavy atom. The highest BCUT2D eigenvalue weighted by Gasteiger charge is 2.59. The van der Waals surface area contributed by atoms with E-state index in [-0.39, 0.29) is 16.9 Å². The summed E-state index contributed by atoms with van der Waals surface area (Å²) in [6.07, 6.45) is 13.9. The molecular weight excluding hydrogens is 322 g/mol. The standard InChI is InChI=1S/C23H41NO2/c1-5-19-7-6-12-22(4)13-11-20-15-17(2)10-14-23(20,16-24(25)26)21(22)9-8-18(19)3/h17-21H,5-16H2,1-4H3/t17?,18?,19?,20?,21?,22-,23?/m1/s1. The maximum Gasteiger partial charge on any atom is 0.209 e. The minimum atomic E-state index is -0.0191. The lowest BCUT2D eigenvalue weighted by molar-refractivity contribution is -0.508. The molecule has 150 valence electrons. The van der Waals surface area contributed by atoms with Crippen LogP contribution in [0.1, 0.15) is 98.3 Å². The number of hydrogen-bond acceptors (Lipinski definition) is 2. The SMILES string of the molecule is CCC1CCC[C@]2(C)CCC3CC(C)CCC3(C[N+](=O)[O-])C2CCC1C. The van der Waals surface area contributed by atoms with E-state index in [0.29, 0.717) is 17.3 Å². The number of nitrogens with zero attached hydrogens (tertiary/aromatic N) is 1. The first-order valence-electron chi connectivity index (χ1n) is 11.4. The van der Waals surface area contributed by atoms with E-state index >= 15 is 0 Å². The van der Waals surface area contributed by atoms with Crippen LogP contribution in [-0.2, 0) is 0 Å². The maximum atomic E-state index is 11.8. The van der Waals surface area contributed by atoms with E-state index < -0.39 is 0 Å². The van der Waals surface area contributed by atoms with Crippen molar-refractivity contribution < 1.29 is 4.92 Å². The van der Waals surface area contributed by atoms with Crippen LogP contribution in [0.25, 0.3) is 0 Å². The third-order valence-electron chi connectivity index (χ3n) is 9.19. The van der Waals surface area contributed by atoms with Gasteiger partial charge in [0.15, 0.2) is 0 Å². The summed E-state index contributed by atoms with van der Waals surface area (Å²) in [6.45, 7) is 9.89. The van der Waals surface area contributed by atoms with Crippen LogP contribution >= 0.6 is 0 Å². The number of nitro groups is 1. The van der Waals surface area contributed by atoms with Gasteiger partial charge in [-0.25, -0.2) is 0 Å². The lowest BCUT2D eigenvalue weighted by Gasteiger charge is -2.59. The van der Waals surface area contributed by atoms with Crippen LogP contribution in [0, 0.1) is 50.5 Å². The summed E-state index contributed by atoms with van der Waals surface area (Å²) in [5.41, 5.74) is 0.310. The second-order valence-corrected chi connectivity index (χ2v) is 10.7. The summed E-state index contributed by atoms with van der Waals surface area (Å²) in [5.74, 6) is 3.53. The molecule has 0 bridgehead atoms. The number of rotatable bonds is 3. The van der Waals surface area contributed by atoms with Gasteiger partial charge in [-0.2, -0.15) is 0 Å². The third-order valence-corrected chi connectivity index (χ3v) is 9.19. The summed E-state index contributed by atoms with van der Waals surface area (Å²) >= 11 is 0. The minimum Gasteiger partial charge on any atom is -0.265 e. The number of fused-ring (bicyclic) bond motifs is 3. The predicted octanol–water partition coefficient (Wildman–Crippen LogP) is 6.73. The van der Waals surface area contributed by atoms with Gasteiger partial charge in [-0.1, -0.05) is 53.4 Å². The first-order valence-corrected chi connectivity index (χ1v) is 11.4. The van der Waals surface area contributed by atoms with Gasteiger partial charge in [0.25, 0.3) is 0 Å². The Balaban J connectivity index is 1.94. The molecule has 0 aromatic carbocycles. The first kappa shape index (κ1) is 20.1. The van der Waals surface area contributed by atoms with Crippen LogP contribution in [-0.4, -0.2) is 11.5 Å². The lowest BCUT2D eigenvalue weighted by atomic mass is 9.45. The zero-order chi connectivity index (χ0) is 18.9. The highest BCUT2D eigenvalue weighted by atomic mass is 16.6. The summed E-state index contributed by atoms with van der Waals surface area (Å²) in [7, 11) is 0. The molecule has 0 N–H and O–H groups in total. The molecule has 3 nitrogen and oxygen atoms in total. The number of hydrogen-bond donors (Lipinski definition) is 0. The Bertz CT molecular complexity index is 506. The summed E-state index contributed by atoms with van der Waals surface area (Å²) in [4.78, 5) is 11.8. The van der Waals surface area contributed by atoms with Crippen molar-refractivity contribution in [3.05, 3.63) is 10.1 Å². The molecule has 0 saturated heterocycles. The molecule has 0 radical (unpaired) electrons. The predicted molar refractivity (Wildman–Crippen MR) is 108 cm³/mol. The molecule has 0 spiro atoms. The molecule has 6 unspecified atom stereocenters. The first-order chi connectivity index (χ1) is 12.3. The van der Waals surface area contributed by atoms with Crippen molar-refractivity contribution in [2.24, 2.45) is 40.4 Å². The molecule has 0 amide bonds. The van der Waals surface area contributed by atoms with Gasteiger partial charge in [-0.3, -0.25) is 10.1 Å². The molecule has 7 atom stereocenters. The zero-order valence-electron chi connectivity index (χ0n) is 17.6. The summed E-state index contributed by atoms with van der Waals surface area (Å²) < 4.78 is 0. The van der Waals surface area contributed by atoms with Gasteiger partial charge in [0.1, 0.15) is 0 Å². The Kier molecular flexibility index (Phi) is 6.04. The van der Waals surface area contributed by atoms with Crippen molar-refractivity contribution in [2.45, 2.75) is 98.3 Å². The molecule has 0 aliphatic heterocycles. The van der Waals surface area contributed by atoms with Crippen molar-refractivity contribution in [1.29, 1.82) is 0 Å². The van der Waals surface area contributed by atoms with Crippen LogP contribution in [0.3, 0.4) is 0 Å². The fourth-order valence-electron chi connectivity index (χ4n) is 7.61. The van der Waals surface area contributed by atoms with E-state index in [1.807, 2.05) is 0 Å². The van der Waals surface area contributed by atoms with Gasteiger partial charge in [-0.05, 0) is 80.0 Å². The zero-order valence-corrected chi connectivity index (χ0v) is 17.6. The second-order valence-electron chi connectivity index (χ2n) is 10.7. The van der Waals surface area contributed by atoms with Gasteiger partial charge in [-0.15, -0.1) is 0 Å². The Morgan fingerprint density at radius 2 is 1.81 bits per heavy atom. The fourth-order valence-corrected chi connectivity index (χ4v) is 7.61. The largest absolute Gasteiger partial charge is 0.265 e. The molecule has 3 aliphatic rings. The Morgan fingerprint density at radius 3 is 2.50 bits per heavy atom. The topological polar surface area (TPSA) is 43.1 Å². The summed E-state index contributed by atoms with van der Waals surface area (Å²) in [5, 5.41) is 11.8. The molecule has 3 rings (SSSR count). The monoisotopic (exact) mass is 363 g/mol. The van der Waals surface area contributed by atoms with Crippen LogP contribution in [0.15, 0.2) is 0 Å². The molecule has 0 heterocycles. The van der Waals surface area contributed by atoms with E-state index in [2.05, 4.69) is 27.7 Å². The van der Waals surface area contributed by atoms with Gasteiger partial charge >= 0.3 is 0 Å². The molecule has 3 heteroatoms. The molecular formula is C23H41NO2. The van der Waals surface area contributed by atoms with E-state index in [1.54, 1.807) is 0 Å². The Labute approximate surface area is 160 Å². The Hall–Kier alpha value is -0.600. The van der Waals surface area contributed by atoms with Gasteiger partial charge in [0.05, 0.1) is 0 Å². The van der Waals surface area contributed by atoms with Crippen LogP contribution < -0.4 is 0 Å². The smallest absolute Gasteiger partial charge is 0.209 e. The molecule has 3 fully saturated rings. The van der Waals surface area contributed by atoms with Crippen molar-refractivity contribution in [1.82, 2.24) is 0 Å². The maximum absolute atomic E-state index is 11.8. The molecule has 3 saturated carbocycles. The highest BCUT2D eigenvalue weighted by molar-refractivity contribution is 5.05. The second kappa shape index (κ2) is 7.80. The van der Waals surface area contributed by atoms with Gasteiger partial charge < -0.3 is 0 Å². The van der Waals surface area contributed by atoms with Crippen molar-refractivity contribution in [3.63, 3.8) is 0 Å². The van der Waals surface area contributed by atoms with E-state index in [4.69, 9.17) is 0 Å². The van der Waals surface area contributed by atoms with E-state index in [9.17, 15) is 10.1 Å². The third kappa shape index (κ3) is 3.69. The van der Waals surface area contributed by atoms with Crippen LogP contribution in [0.5, 0.6) is 0 Å². The average molecular weight is 364 g/mol. The van der Waals surface area contributed by atoms with E-state index in [0.717, 1.165) is 24.2 Å². The molecule has 0 aromatic heterocycles. The fraction of sp³-hybridized carbons (Fsp3) is 1.00. The lowest BCUT2D eigenvalue weighted by Crippen LogP contribution is -2.55. The normalized spacial score (nSPS) is 47.0. The average Bonchev–Trinajstić information content (AvgIpc) is 2.64. The van der Waals surface area contributed by atoms with Crippen molar-refractivity contribution in [2.75, 3.05) is 6.54 Å². The minimum absolute atomic E-state index is 0.0191. The quantitative estimate of drug-likeness (QED) is 0.412. The highest BCUT2D eigenvalue weighted by Crippen LogP contribution is 2.63.